The highest BCUT2D eigenvalue weighted by Gasteiger charge is 2.43. The number of para-hydroxylation sites is 4. The predicted molar refractivity (Wildman–Crippen MR) is 246 cm³/mol. The fourth-order valence-electron chi connectivity index (χ4n) is 9.94. The zero-order chi connectivity index (χ0) is 38.2. The van der Waals surface area contributed by atoms with Gasteiger partial charge in [-0.25, -0.2) is 0 Å². The summed E-state index contributed by atoms with van der Waals surface area (Å²) >= 11 is 0. The van der Waals surface area contributed by atoms with Gasteiger partial charge < -0.3 is 13.6 Å². The molecule has 0 fully saturated rings. The second-order valence-corrected chi connectivity index (χ2v) is 19.0. The Labute approximate surface area is 336 Å². The average Bonchev–Trinajstić information content (AvgIpc) is 3.96. The molecule has 12 aromatic rings. The first-order valence-electron chi connectivity index (χ1n) is 19.9. The number of fused-ring (bicyclic) bond motifs is 10. The van der Waals surface area contributed by atoms with Crippen LogP contribution in [0.3, 0.4) is 0 Å². The lowest BCUT2D eigenvalue weighted by Crippen LogP contribution is -2.74. The van der Waals surface area contributed by atoms with Crippen molar-refractivity contribution in [2.24, 2.45) is 0 Å². The Morgan fingerprint density at radius 1 is 0.328 bits per heavy atom. The fraction of sp³-hybridized carbons (Fsp3) is 0. The van der Waals surface area contributed by atoms with E-state index in [2.05, 4.69) is 228 Å². The Kier molecular flexibility index (Phi) is 7.25. The largest absolute Gasteiger partial charge is 0.456 e. The van der Waals surface area contributed by atoms with Crippen molar-refractivity contribution in [3.63, 3.8) is 0 Å². The lowest BCUT2D eigenvalue weighted by Gasteiger charge is -2.35. The second-order valence-electron chi connectivity index (χ2n) is 15.2. The van der Waals surface area contributed by atoms with Gasteiger partial charge >= 0.3 is 0 Å². The normalized spacial score (nSPS) is 12.1. The van der Waals surface area contributed by atoms with Gasteiger partial charge in [0.25, 0.3) is 0 Å². The molecule has 0 atom stereocenters. The van der Waals surface area contributed by atoms with Crippen LogP contribution in [0.15, 0.2) is 223 Å². The van der Waals surface area contributed by atoms with Crippen molar-refractivity contribution < 1.29 is 4.42 Å². The highest BCUT2D eigenvalue weighted by atomic mass is 28.3. The lowest BCUT2D eigenvalue weighted by atomic mass is 10.1. The molecule has 12 rings (SSSR count). The summed E-state index contributed by atoms with van der Waals surface area (Å²) in [6.45, 7) is 0. The SMILES string of the molecule is c1ccc(-n2c3ccccc3c3c([Si](c4ccccc4)(c4ccccc4)c4cccc(-n5c6ccccc6c6ccc7oc8ccccc8c7c65)c4)cccc32)cc1. The van der Waals surface area contributed by atoms with Crippen LogP contribution in [0.1, 0.15) is 0 Å². The molecule has 272 valence electrons. The van der Waals surface area contributed by atoms with Crippen LogP contribution in [0.25, 0.3) is 76.9 Å². The summed E-state index contributed by atoms with van der Waals surface area (Å²) in [5.74, 6) is 0. The molecule has 0 N–H and O–H groups in total. The first-order chi connectivity index (χ1) is 28.8. The van der Waals surface area contributed by atoms with Crippen LogP contribution < -0.4 is 20.7 Å². The molecule has 0 spiro atoms. The van der Waals surface area contributed by atoms with Crippen LogP contribution in [0, 0.1) is 0 Å². The Morgan fingerprint density at radius 3 is 1.62 bits per heavy atom. The fourth-order valence-corrected chi connectivity index (χ4v) is 15.0. The van der Waals surface area contributed by atoms with Crippen LogP contribution in [-0.4, -0.2) is 17.2 Å². The van der Waals surface area contributed by atoms with E-state index >= 15 is 0 Å². The van der Waals surface area contributed by atoms with Crippen molar-refractivity contribution in [3.05, 3.63) is 218 Å². The molecular weight excluding hydrogens is 721 g/mol. The Bertz CT molecular complexity index is 3470. The number of benzene rings is 9. The van der Waals surface area contributed by atoms with Crippen molar-refractivity contribution in [3.8, 4) is 11.4 Å². The van der Waals surface area contributed by atoms with Crippen LogP contribution >= 0.6 is 0 Å². The third-order valence-electron chi connectivity index (χ3n) is 12.2. The third-order valence-corrected chi connectivity index (χ3v) is 17.0. The van der Waals surface area contributed by atoms with Crippen molar-refractivity contribution in [2.75, 3.05) is 0 Å². The molecule has 3 heterocycles. The van der Waals surface area contributed by atoms with Crippen molar-refractivity contribution in [1.82, 2.24) is 9.13 Å². The van der Waals surface area contributed by atoms with E-state index in [1.54, 1.807) is 0 Å². The molecule has 0 radical (unpaired) electrons. The summed E-state index contributed by atoms with van der Waals surface area (Å²) in [6.07, 6.45) is 0. The van der Waals surface area contributed by atoms with Gasteiger partial charge in [-0.15, -0.1) is 0 Å². The summed E-state index contributed by atoms with van der Waals surface area (Å²) < 4.78 is 11.4. The molecule has 4 heteroatoms. The number of furan rings is 1. The van der Waals surface area contributed by atoms with Crippen LogP contribution in [0.5, 0.6) is 0 Å². The van der Waals surface area contributed by atoms with E-state index in [1.807, 2.05) is 0 Å². The van der Waals surface area contributed by atoms with Gasteiger partial charge in [-0.3, -0.25) is 0 Å². The van der Waals surface area contributed by atoms with Crippen molar-refractivity contribution >= 4 is 94.4 Å². The molecule has 9 aromatic carbocycles. The number of nitrogens with zero attached hydrogens (tertiary/aromatic N) is 2. The number of rotatable bonds is 6. The molecule has 58 heavy (non-hydrogen) atoms. The van der Waals surface area contributed by atoms with Gasteiger partial charge in [-0.2, -0.15) is 0 Å². The lowest BCUT2D eigenvalue weighted by molar-refractivity contribution is 0.669. The minimum Gasteiger partial charge on any atom is -0.456 e. The summed E-state index contributed by atoms with van der Waals surface area (Å²) in [7, 11) is -3.08. The Hall–Kier alpha value is -7.40. The third kappa shape index (κ3) is 4.61. The highest BCUT2D eigenvalue weighted by molar-refractivity contribution is 7.20. The maximum atomic E-state index is 6.50. The number of hydrogen-bond acceptors (Lipinski definition) is 1. The van der Waals surface area contributed by atoms with Gasteiger partial charge in [0, 0.05) is 38.3 Å². The highest BCUT2D eigenvalue weighted by Crippen LogP contribution is 2.41. The number of hydrogen-bond donors (Lipinski definition) is 0. The Balaban J connectivity index is 1.23. The van der Waals surface area contributed by atoms with Gasteiger partial charge in [0.2, 0.25) is 0 Å². The molecule has 0 saturated carbocycles. The first-order valence-corrected chi connectivity index (χ1v) is 21.9. The summed E-state index contributed by atoms with van der Waals surface area (Å²) in [5.41, 5.74) is 8.84. The van der Waals surface area contributed by atoms with Gasteiger partial charge in [-0.05, 0) is 81.4 Å². The van der Waals surface area contributed by atoms with E-state index in [0.717, 1.165) is 33.3 Å². The molecule has 0 aliphatic heterocycles. The maximum Gasteiger partial charge on any atom is 0.180 e. The standard InChI is InChI=1S/C54H36N2OSi/c1-4-18-37(19-5-1)55-47-30-14-11-27-44(47)52-48(55)31-17-33-51(52)58(39-21-6-2-7-22-39,40-23-8-3-9-24-40)41-25-16-20-38(36-41)56-46-29-13-10-26-42(46)43-34-35-50-53(54(43)56)45-28-12-15-32-49(45)57-50/h1-36H. The van der Waals surface area contributed by atoms with Gasteiger partial charge in [0.05, 0.1) is 27.5 Å². The van der Waals surface area contributed by atoms with Crippen molar-refractivity contribution in [1.29, 1.82) is 0 Å². The molecule has 0 saturated heterocycles. The molecule has 0 bridgehead atoms. The molecule has 3 nitrogen and oxygen atoms in total. The molecule has 0 aliphatic rings. The van der Waals surface area contributed by atoms with Crippen LogP contribution in [0.4, 0.5) is 0 Å². The van der Waals surface area contributed by atoms with E-state index in [4.69, 9.17) is 4.42 Å². The zero-order valence-corrected chi connectivity index (χ0v) is 32.6. The van der Waals surface area contributed by atoms with E-state index in [9.17, 15) is 0 Å². The molecule has 0 amide bonds. The topological polar surface area (TPSA) is 23.0 Å². The average molecular weight is 757 g/mol. The molecule has 0 unspecified atom stereocenters. The summed E-state index contributed by atoms with van der Waals surface area (Å²) in [4.78, 5) is 0. The van der Waals surface area contributed by atoms with Gasteiger partial charge in [0.15, 0.2) is 8.07 Å². The van der Waals surface area contributed by atoms with Crippen LogP contribution in [0.2, 0.25) is 0 Å². The quantitative estimate of drug-likeness (QED) is 0.122. The van der Waals surface area contributed by atoms with Crippen molar-refractivity contribution in [2.45, 2.75) is 0 Å². The van der Waals surface area contributed by atoms with Gasteiger partial charge in [-0.1, -0.05) is 158 Å². The summed E-state index contributed by atoms with van der Waals surface area (Å²) in [6, 6.07) is 80.4. The molecule has 3 aromatic heterocycles. The minimum atomic E-state index is -3.08. The zero-order valence-electron chi connectivity index (χ0n) is 31.6. The molecule has 0 aliphatic carbocycles. The van der Waals surface area contributed by atoms with E-state index < -0.39 is 8.07 Å². The maximum absolute atomic E-state index is 6.50. The molecular formula is C54H36N2OSi. The predicted octanol–water partition coefficient (Wildman–Crippen LogP) is 11.2. The first kappa shape index (κ1) is 32.8. The number of aromatic nitrogens is 2. The second kappa shape index (κ2) is 12.8. The summed E-state index contributed by atoms with van der Waals surface area (Å²) in [5, 5.41) is 12.6. The van der Waals surface area contributed by atoms with E-state index in [0.29, 0.717) is 0 Å². The monoisotopic (exact) mass is 756 g/mol. The smallest absolute Gasteiger partial charge is 0.180 e. The van der Waals surface area contributed by atoms with E-state index in [1.165, 1.54) is 64.4 Å². The minimum absolute atomic E-state index is 0.896. The Morgan fingerprint density at radius 2 is 0.879 bits per heavy atom. The van der Waals surface area contributed by atoms with E-state index in [-0.39, 0.29) is 0 Å². The van der Waals surface area contributed by atoms with Crippen LogP contribution in [-0.2, 0) is 0 Å². The van der Waals surface area contributed by atoms with Gasteiger partial charge in [0.1, 0.15) is 11.2 Å².